The number of carbonyl (C=O) groups excluding carboxylic acids is 1. The quantitative estimate of drug-likeness (QED) is 0.667. The zero-order valence-electron chi connectivity index (χ0n) is 18.4. The Labute approximate surface area is 181 Å². The summed E-state index contributed by atoms with van der Waals surface area (Å²) in [5.41, 5.74) is 5.15. The first-order valence-electron chi connectivity index (χ1n) is 11.2. The molecule has 0 bridgehead atoms. The Kier molecular flexibility index (Phi) is 4.84. The number of nitrogens with one attached hydrogen (secondary N) is 2. The molecule has 0 saturated carbocycles. The smallest absolute Gasteiger partial charge is 0.270 e. The molecule has 1 saturated heterocycles. The van der Waals surface area contributed by atoms with Gasteiger partial charge in [-0.25, -0.2) is 4.98 Å². The summed E-state index contributed by atoms with van der Waals surface area (Å²) in [4.78, 5) is 41.0. The van der Waals surface area contributed by atoms with Gasteiger partial charge in [-0.05, 0) is 55.9 Å². The molecule has 2 aromatic heterocycles. The summed E-state index contributed by atoms with van der Waals surface area (Å²) in [6, 6.07) is 6.10. The van der Waals surface area contributed by atoms with Gasteiger partial charge in [-0.15, -0.1) is 0 Å². The van der Waals surface area contributed by atoms with Crippen LogP contribution >= 0.6 is 0 Å². The zero-order chi connectivity index (χ0) is 21.7. The SMILES string of the molecule is Cc1cc(C)c2cc(C(=O)N3CCc4nc(N5CCCC(C)C5)[nH]c(=O)c4C3)[nH]c2c1. The van der Waals surface area contributed by atoms with Gasteiger partial charge in [0, 0.05) is 37.0 Å². The fraction of sp³-hybridized carbons (Fsp3) is 0.458. The van der Waals surface area contributed by atoms with Crippen LogP contribution in [-0.4, -0.2) is 45.4 Å². The number of amides is 1. The molecule has 0 radical (unpaired) electrons. The molecule has 1 amide bonds. The van der Waals surface area contributed by atoms with Gasteiger partial charge in [-0.3, -0.25) is 14.6 Å². The Hall–Kier alpha value is -3.09. The number of anilines is 1. The van der Waals surface area contributed by atoms with Gasteiger partial charge in [-0.2, -0.15) is 0 Å². The van der Waals surface area contributed by atoms with Crippen LogP contribution in [0.25, 0.3) is 10.9 Å². The number of fused-ring (bicyclic) bond motifs is 2. The fourth-order valence-electron chi connectivity index (χ4n) is 5.00. The van der Waals surface area contributed by atoms with E-state index < -0.39 is 0 Å². The number of nitrogens with zero attached hydrogens (tertiary/aromatic N) is 3. The van der Waals surface area contributed by atoms with Gasteiger partial charge in [0.25, 0.3) is 11.5 Å². The summed E-state index contributed by atoms with van der Waals surface area (Å²) >= 11 is 0. The number of piperidine rings is 1. The lowest BCUT2D eigenvalue weighted by molar-refractivity contribution is 0.0727. The summed E-state index contributed by atoms with van der Waals surface area (Å²) < 4.78 is 0. The molecule has 2 aliphatic heterocycles. The lowest BCUT2D eigenvalue weighted by Crippen LogP contribution is -2.41. The Balaban J connectivity index is 1.40. The molecular weight excluding hydrogens is 390 g/mol. The molecule has 2 N–H and O–H groups in total. The van der Waals surface area contributed by atoms with Crippen LogP contribution in [-0.2, 0) is 13.0 Å². The summed E-state index contributed by atoms with van der Waals surface area (Å²) in [6.07, 6.45) is 2.93. The second kappa shape index (κ2) is 7.55. The largest absolute Gasteiger partial charge is 0.351 e. The molecule has 3 aromatic rings. The second-order valence-electron chi connectivity index (χ2n) is 9.21. The van der Waals surface area contributed by atoms with Gasteiger partial charge < -0.3 is 14.8 Å². The summed E-state index contributed by atoms with van der Waals surface area (Å²) in [5.74, 6) is 1.20. The van der Waals surface area contributed by atoms with Gasteiger partial charge in [0.05, 0.1) is 17.8 Å². The molecule has 1 atom stereocenters. The van der Waals surface area contributed by atoms with Gasteiger partial charge in [0.15, 0.2) is 0 Å². The Morgan fingerprint density at radius 3 is 2.81 bits per heavy atom. The molecular formula is C24H29N5O2. The van der Waals surface area contributed by atoms with Crippen LogP contribution in [0, 0.1) is 19.8 Å². The Morgan fingerprint density at radius 1 is 1.16 bits per heavy atom. The topological polar surface area (TPSA) is 85.1 Å². The molecule has 4 heterocycles. The normalized spacial score (nSPS) is 19.0. The minimum atomic E-state index is -0.126. The molecule has 0 spiro atoms. The van der Waals surface area contributed by atoms with Crippen LogP contribution in [0.1, 0.15) is 52.6 Å². The molecule has 1 aromatic carbocycles. The molecule has 7 heteroatoms. The predicted octanol–water partition coefficient (Wildman–Crippen LogP) is 3.30. The summed E-state index contributed by atoms with van der Waals surface area (Å²) in [5, 5.41) is 1.06. The lowest BCUT2D eigenvalue weighted by Gasteiger charge is -2.33. The number of aromatic amines is 2. The minimum Gasteiger partial charge on any atom is -0.351 e. The van der Waals surface area contributed by atoms with Crippen LogP contribution in [0.3, 0.4) is 0 Å². The molecule has 5 rings (SSSR count). The summed E-state index contributed by atoms with van der Waals surface area (Å²) in [7, 11) is 0. The molecule has 2 aliphatic rings. The van der Waals surface area contributed by atoms with E-state index in [1.165, 1.54) is 6.42 Å². The highest BCUT2D eigenvalue weighted by molar-refractivity contribution is 5.99. The highest BCUT2D eigenvalue weighted by Gasteiger charge is 2.28. The van der Waals surface area contributed by atoms with E-state index in [-0.39, 0.29) is 11.5 Å². The van der Waals surface area contributed by atoms with E-state index in [4.69, 9.17) is 4.98 Å². The minimum absolute atomic E-state index is 0.0766. The molecule has 1 fully saturated rings. The maximum absolute atomic E-state index is 13.2. The number of aryl methyl sites for hydroxylation is 2. The predicted molar refractivity (Wildman–Crippen MR) is 122 cm³/mol. The molecule has 162 valence electrons. The van der Waals surface area contributed by atoms with E-state index in [1.807, 2.05) is 6.07 Å². The number of H-pyrrole nitrogens is 2. The average Bonchev–Trinajstić information content (AvgIpc) is 3.17. The first kappa shape index (κ1) is 19.8. The van der Waals surface area contributed by atoms with Crippen LogP contribution in [0.2, 0.25) is 0 Å². The van der Waals surface area contributed by atoms with Crippen molar-refractivity contribution in [2.24, 2.45) is 5.92 Å². The first-order chi connectivity index (χ1) is 14.9. The molecule has 7 nitrogen and oxygen atoms in total. The highest BCUT2D eigenvalue weighted by Crippen LogP contribution is 2.25. The second-order valence-corrected chi connectivity index (χ2v) is 9.21. The van der Waals surface area contributed by atoms with Crippen molar-refractivity contribution in [1.82, 2.24) is 19.9 Å². The van der Waals surface area contributed by atoms with Gasteiger partial charge in [-0.1, -0.05) is 13.0 Å². The van der Waals surface area contributed by atoms with Crippen molar-refractivity contribution in [2.45, 2.75) is 46.6 Å². The number of hydrogen-bond donors (Lipinski definition) is 2. The van der Waals surface area contributed by atoms with E-state index >= 15 is 0 Å². The molecule has 0 aliphatic carbocycles. The van der Waals surface area contributed by atoms with Crippen molar-refractivity contribution < 1.29 is 4.79 Å². The number of benzene rings is 1. The van der Waals surface area contributed by atoms with Crippen molar-refractivity contribution in [1.29, 1.82) is 0 Å². The van der Waals surface area contributed by atoms with Crippen molar-refractivity contribution in [3.05, 3.63) is 56.6 Å². The lowest BCUT2D eigenvalue weighted by atomic mass is 10.0. The monoisotopic (exact) mass is 419 g/mol. The third kappa shape index (κ3) is 3.62. The number of aromatic nitrogens is 3. The van der Waals surface area contributed by atoms with Crippen molar-refractivity contribution in [3.63, 3.8) is 0 Å². The standard InChI is InChI=1S/C24H29N5O2/c1-14-5-4-7-29(12-14)24-26-19-6-8-28(13-18(19)22(30)27-24)23(31)21-11-17-16(3)9-15(2)10-20(17)25-21/h9-11,14,25H,4-8,12-13H2,1-3H3,(H,26,27,30). The van der Waals surface area contributed by atoms with Crippen LogP contribution < -0.4 is 10.5 Å². The van der Waals surface area contributed by atoms with Crippen molar-refractivity contribution in [3.8, 4) is 0 Å². The van der Waals surface area contributed by atoms with E-state index in [0.29, 0.717) is 42.6 Å². The highest BCUT2D eigenvalue weighted by atomic mass is 16.2. The number of carbonyl (C=O) groups is 1. The van der Waals surface area contributed by atoms with Crippen LogP contribution in [0.5, 0.6) is 0 Å². The Morgan fingerprint density at radius 2 is 2.00 bits per heavy atom. The third-order valence-corrected chi connectivity index (χ3v) is 6.62. The maximum Gasteiger partial charge on any atom is 0.270 e. The Bertz CT molecular complexity index is 1220. The number of rotatable bonds is 2. The number of hydrogen-bond acceptors (Lipinski definition) is 4. The van der Waals surface area contributed by atoms with Gasteiger partial charge >= 0.3 is 0 Å². The van der Waals surface area contributed by atoms with Crippen molar-refractivity contribution in [2.75, 3.05) is 24.5 Å². The third-order valence-electron chi connectivity index (χ3n) is 6.62. The van der Waals surface area contributed by atoms with E-state index in [1.54, 1.807) is 4.90 Å². The van der Waals surface area contributed by atoms with Gasteiger partial charge in [0.2, 0.25) is 5.95 Å². The van der Waals surface area contributed by atoms with E-state index in [2.05, 4.69) is 47.8 Å². The van der Waals surface area contributed by atoms with Crippen molar-refractivity contribution >= 4 is 22.8 Å². The first-order valence-corrected chi connectivity index (χ1v) is 11.2. The molecule has 1 unspecified atom stereocenters. The average molecular weight is 420 g/mol. The van der Waals surface area contributed by atoms with E-state index in [9.17, 15) is 9.59 Å². The zero-order valence-corrected chi connectivity index (χ0v) is 18.4. The van der Waals surface area contributed by atoms with Gasteiger partial charge in [0.1, 0.15) is 5.69 Å². The molecule has 31 heavy (non-hydrogen) atoms. The van der Waals surface area contributed by atoms with Crippen LogP contribution in [0.15, 0.2) is 23.0 Å². The maximum atomic E-state index is 13.2. The van der Waals surface area contributed by atoms with Crippen LogP contribution in [0.4, 0.5) is 5.95 Å². The summed E-state index contributed by atoms with van der Waals surface area (Å²) in [6.45, 7) is 9.04. The fourth-order valence-corrected chi connectivity index (χ4v) is 5.00. The van der Waals surface area contributed by atoms with E-state index in [0.717, 1.165) is 47.2 Å².